The molecule has 2 rings (SSSR count). The van der Waals surface area contributed by atoms with Gasteiger partial charge in [-0.2, -0.15) is 0 Å². The molecule has 2 unspecified atom stereocenters. The van der Waals surface area contributed by atoms with E-state index in [1.807, 2.05) is 18.2 Å². The van der Waals surface area contributed by atoms with Crippen LogP contribution in [0.3, 0.4) is 0 Å². The molecule has 4 nitrogen and oxygen atoms in total. The van der Waals surface area contributed by atoms with E-state index in [0.717, 1.165) is 16.5 Å². The number of methoxy groups -OCH3 is 1. The number of ether oxygens (including phenoxy) is 1. The van der Waals surface area contributed by atoms with Crippen LogP contribution in [0.1, 0.15) is 24.8 Å². The number of benzene rings is 1. The van der Waals surface area contributed by atoms with Crippen molar-refractivity contribution in [3.8, 4) is 5.75 Å². The number of hydrogen-bond acceptors (Lipinski definition) is 4. The fourth-order valence-electron chi connectivity index (χ4n) is 3.01. The predicted octanol–water partition coefficient (Wildman–Crippen LogP) is 2.33. The highest BCUT2D eigenvalue weighted by atomic mass is 79.9. The molecule has 0 bridgehead atoms. The molecule has 20 heavy (non-hydrogen) atoms. The third-order valence-electron chi connectivity index (χ3n) is 3.92. The molecule has 1 fully saturated rings. The van der Waals surface area contributed by atoms with Gasteiger partial charge in [-0.3, -0.25) is 0 Å². The molecule has 1 aliphatic rings. The number of hydrogen-bond donors (Lipinski definition) is 1. The SMILES string of the molecule is COc1ccc(CC2(O)CCCC2S(C)(=O)=O)cc1Br. The van der Waals surface area contributed by atoms with Gasteiger partial charge in [-0.05, 0) is 52.9 Å². The van der Waals surface area contributed by atoms with E-state index < -0.39 is 20.7 Å². The number of aliphatic hydroxyl groups is 1. The summed E-state index contributed by atoms with van der Waals surface area (Å²) in [5.74, 6) is 0.715. The molecule has 0 radical (unpaired) electrons. The summed E-state index contributed by atoms with van der Waals surface area (Å²) in [5, 5.41) is 10.1. The summed E-state index contributed by atoms with van der Waals surface area (Å²) in [6.45, 7) is 0. The fourth-order valence-corrected chi connectivity index (χ4v) is 5.19. The molecule has 0 spiro atoms. The summed E-state index contributed by atoms with van der Waals surface area (Å²) in [6, 6.07) is 5.54. The lowest BCUT2D eigenvalue weighted by atomic mass is 9.92. The highest BCUT2D eigenvalue weighted by molar-refractivity contribution is 9.10. The lowest BCUT2D eigenvalue weighted by molar-refractivity contribution is 0.0512. The van der Waals surface area contributed by atoms with Gasteiger partial charge in [0.2, 0.25) is 0 Å². The highest BCUT2D eigenvalue weighted by Crippen LogP contribution is 2.38. The molecular formula is C14H19BrO4S. The third-order valence-corrected chi connectivity index (χ3v) is 6.25. The standard InChI is InChI=1S/C14H19BrO4S/c1-19-12-6-5-10(8-11(12)15)9-14(16)7-3-4-13(14)20(2,17)18/h5-6,8,13,16H,3-4,7,9H2,1-2H3. The van der Waals surface area contributed by atoms with Crippen molar-refractivity contribution in [1.29, 1.82) is 0 Å². The van der Waals surface area contributed by atoms with E-state index in [4.69, 9.17) is 4.74 Å². The van der Waals surface area contributed by atoms with Crippen molar-refractivity contribution in [1.82, 2.24) is 0 Å². The summed E-state index contributed by atoms with van der Waals surface area (Å²) in [4.78, 5) is 0. The third kappa shape index (κ3) is 3.18. The predicted molar refractivity (Wildman–Crippen MR) is 81.8 cm³/mol. The van der Waals surface area contributed by atoms with Crippen molar-refractivity contribution in [3.05, 3.63) is 28.2 Å². The van der Waals surface area contributed by atoms with E-state index in [2.05, 4.69) is 15.9 Å². The summed E-state index contributed by atoms with van der Waals surface area (Å²) < 4.78 is 29.6. The second kappa shape index (κ2) is 5.66. The minimum absolute atomic E-state index is 0.341. The van der Waals surface area contributed by atoms with E-state index in [1.54, 1.807) is 7.11 Å². The lowest BCUT2D eigenvalue weighted by Gasteiger charge is -2.29. The van der Waals surface area contributed by atoms with Crippen LogP contribution in [0, 0.1) is 0 Å². The second-order valence-corrected chi connectivity index (χ2v) is 8.54. The van der Waals surface area contributed by atoms with Gasteiger partial charge in [-0.1, -0.05) is 6.07 Å². The average molecular weight is 363 g/mol. The van der Waals surface area contributed by atoms with Crippen molar-refractivity contribution in [2.75, 3.05) is 13.4 Å². The minimum Gasteiger partial charge on any atom is -0.496 e. The van der Waals surface area contributed by atoms with E-state index in [1.165, 1.54) is 6.26 Å². The quantitative estimate of drug-likeness (QED) is 0.892. The molecular weight excluding hydrogens is 344 g/mol. The maximum Gasteiger partial charge on any atom is 0.153 e. The average Bonchev–Trinajstić information content (AvgIpc) is 2.71. The van der Waals surface area contributed by atoms with E-state index >= 15 is 0 Å². The monoisotopic (exact) mass is 362 g/mol. The Labute approximate surface area is 128 Å². The molecule has 6 heteroatoms. The van der Waals surface area contributed by atoms with Crippen LogP contribution in [-0.2, 0) is 16.3 Å². The first-order valence-corrected chi connectivity index (χ1v) is 9.25. The first-order chi connectivity index (χ1) is 9.26. The Kier molecular flexibility index (Phi) is 4.47. The zero-order valence-corrected chi connectivity index (χ0v) is 14.0. The Balaban J connectivity index is 2.26. The van der Waals surface area contributed by atoms with Crippen LogP contribution in [-0.4, -0.2) is 37.7 Å². The van der Waals surface area contributed by atoms with Gasteiger partial charge in [0, 0.05) is 12.7 Å². The van der Waals surface area contributed by atoms with Gasteiger partial charge in [-0.25, -0.2) is 8.42 Å². The Morgan fingerprint density at radius 3 is 2.75 bits per heavy atom. The van der Waals surface area contributed by atoms with Gasteiger partial charge in [0.05, 0.1) is 22.4 Å². The van der Waals surface area contributed by atoms with E-state index in [0.29, 0.717) is 25.0 Å². The molecule has 0 heterocycles. The Bertz CT molecular complexity index is 599. The van der Waals surface area contributed by atoms with Crippen LogP contribution in [0.25, 0.3) is 0 Å². The normalized spacial score (nSPS) is 26.7. The molecule has 0 aliphatic heterocycles. The van der Waals surface area contributed by atoms with Gasteiger partial charge in [0.25, 0.3) is 0 Å². The maximum atomic E-state index is 11.8. The number of halogens is 1. The van der Waals surface area contributed by atoms with Crippen LogP contribution in [0.4, 0.5) is 0 Å². The molecule has 1 saturated carbocycles. The molecule has 0 aromatic heterocycles. The smallest absolute Gasteiger partial charge is 0.153 e. The first kappa shape index (κ1) is 15.8. The zero-order chi connectivity index (χ0) is 15.0. The highest BCUT2D eigenvalue weighted by Gasteiger charge is 2.46. The van der Waals surface area contributed by atoms with Crippen LogP contribution in [0.5, 0.6) is 5.75 Å². The molecule has 1 aromatic rings. The molecule has 2 atom stereocenters. The van der Waals surface area contributed by atoms with Crippen molar-refractivity contribution in [3.63, 3.8) is 0 Å². The van der Waals surface area contributed by atoms with Crippen molar-refractivity contribution in [2.45, 2.75) is 36.5 Å². The van der Waals surface area contributed by atoms with Crippen LogP contribution in [0.2, 0.25) is 0 Å². The van der Waals surface area contributed by atoms with Gasteiger partial charge >= 0.3 is 0 Å². The largest absolute Gasteiger partial charge is 0.496 e. The molecule has 0 amide bonds. The van der Waals surface area contributed by atoms with Crippen LogP contribution >= 0.6 is 15.9 Å². The lowest BCUT2D eigenvalue weighted by Crippen LogP contribution is -2.44. The molecule has 1 aromatic carbocycles. The summed E-state index contributed by atoms with van der Waals surface area (Å²) >= 11 is 3.40. The van der Waals surface area contributed by atoms with Crippen LogP contribution < -0.4 is 4.74 Å². The molecule has 1 aliphatic carbocycles. The molecule has 1 N–H and O–H groups in total. The Morgan fingerprint density at radius 2 is 2.20 bits per heavy atom. The number of rotatable bonds is 4. The topological polar surface area (TPSA) is 63.6 Å². The summed E-state index contributed by atoms with van der Waals surface area (Å²) in [7, 11) is -1.65. The number of sulfone groups is 1. The summed E-state index contributed by atoms with van der Waals surface area (Å²) in [5.41, 5.74) is -0.266. The van der Waals surface area contributed by atoms with Crippen LogP contribution in [0.15, 0.2) is 22.7 Å². The van der Waals surface area contributed by atoms with Gasteiger partial charge in [-0.15, -0.1) is 0 Å². The second-order valence-electron chi connectivity index (χ2n) is 5.46. The maximum absolute atomic E-state index is 11.8. The van der Waals surface area contributed by atoms with Gasteiger partial charge in [0.15, 0.2) is 9.84 Å². The van der Waals surface area contributed by atoms with Gasteiger partial charge in [0.1, 0.15) is 5.75 Å². The minimum atomic E-state index is -3.24. The van der Waals surface area contributed by atoms with E-state index in [9.17, 15) is 13.5 Å². The molecule has 112 valence electrons. The molecule has 0 saturated heterocycles. The summed E-state index contributed by atoms with van der Waals surface area (Å²) in [6.07, 6.45) is 3.35. The first-order valence-electron chi connectivity index (χ1n) is 6.50. The van der Waals surface area contributed by atoms with Crippen molar-refractivity contribution >= 4 is 25.8 Å². The van der Waals surface area contributed by atoms with Crippen molar-refractivity contribution < 1.29 is 18.3 Å². The van der Waals surface area contributed by atoms with E-state index in [-0.39, 0.29) is 0 Å². The fraction of sp³-hybridized carbons (Fsp3) is 0.571. The zero-order valence-electron chi connectivity index (χ0n) is 11.6. The Hall–Kier alpha value is -0.590. The van der Waals surface area contributed by atoms with Crippen molar-refractivity contribution in [2.24, 2.45) is 0 Å². The Morgan fingerprint density at radius 1 is 1.50 bits per heavy atom. The van der Waals surface area contributed by atoms with Gasteiger partial charge < -0.3 is 9.84 Å².